The molecule has 0 aliphatic carbocycles. The number of hydrogen-bond acceptors (Lipinski definition) is 7. The molecule has 0 fully saturated rings. The summed E-state index contributed by atoms with van der Waals surface area (Å²) in [6.07, 6.45) is 5.74. The molecule has 2 aromatic carbocycles. The van der Waals surface area contributed by atoms with Crippen molar-refractivity contribution < 1.29 is 9.47 Å². The first-order valence-corrected chi connectivity index (χ1v) is 11.0. The average molecular weight is 472 g/mol. The Kier molecular flexibility index (Phi) is 4.77. The van der Waals surface area contributed by atoms with Crippen molar-refractivity contribution in [2.45, 2.75) is 13.3 Å². The molecule has 0 spiro atoms. The van der Waals surface area contributed by atoms with E-state index in [9.17, 15) is 0 Å². The molecule has 0 unspecified atom stereocenters. The minimum absolute atomic E-state index is 0.118. The highest BCUT2D eigenvalue weighted by Gasteiger charge is 2.20. The van der Waals surface area contributed by atoms with Crippen LogP contribution in [0.4, 0.5) is 0 Å². The van der Waals surface area contributed by atoms with Crippen LogP contribution in [0.2, 0.25) is 5.02 Å². The quantitative estimate of drug-likeness (QED) is 0.349. The predicted octanol–water partition coefficient (Wildman–Crippen LogP) is 5.59. The summed E-state index contributed by atoms with van der Waals surface area (Å²) in [5.41, 5.74) is 4.66. The molecule has 0 saturated heterocycles. The van der Waals surface area contributed by atoms with Crippen molar-refractivity contribution in [1.29, 1.82) is 0 Å². The number of nitrogens with zero attached hydrogens (tertiary/aromatic N) is 6. The highest BCUT2D eigenvalue weighted by Crippen LogP contribution is 2.37. The molecule has 0 saturated carbocycles. The maximum Gasteiger partial charge on any atom is 0.327 e. The van der Waals surface area contributed by atoms with Crippen molar-refractivity contribution in [1.82, 2.24) is 34.5 Å². The van der Waals surface area contributed by atoms with Crippen LogP contribution in [-0.2, 0) is 13.5 Å². The monoisotopic (exact) mass is 471 g/mol. The number of benzene rings is 2. The summed E-state index contributed by atoms with van der Waals surface area (Å²) in [5, 5.41) is 1.13. The Morgan fingerprint density at radius 2 is 1.68 bits per heavy atom. The van der Waals surface area contributed by atoms with Crippen LogP contribution >= 0.6 is 11.6 Å². The molecule has 0 aliphatic heterocycles. The van der Waals surface area contributed by atoms with Crippen LogP contribution in [0, 0.1) is 0 Å². The number of aromatic amines is 1. The maximum absolute atomic E-state index is 6.65. The zero-order chi connectivity index (χ0) is 23.2. The van der Waals surface area contributed by atoms with Crippen molar-refractivity contribution in [2.75, 3.05) is 0 Å². The second kappa shape index (κ2) is 7.96. The smallest absolute Gasteiger partial charge is 0.327 e. The fourth-order valence-electron chi connectivity index (χ4n) is 3.81. The number of nitrogens with one attached hydrogen (secondary N) is 1. The molecule has 0 bridgehead atoms. The molecule has 4 heterocycles. The van der Waals surface area contributed by atoms with Crippen molar-refractivity contribution >= 4 is 44.7 Å². The third-order valence-corrected chi connectivity index (χ3v) is 5.94. The first kappa shape index (κ1) is 20.4. The Morgan fingerprint density at radius 1 is 0.912 bits per heavy atom. The first-order chi connectivity index (χ1) is 16.6. The summed E-state index contributed by atoms with van der Waals surface area (Å²) in [6.45, 7) is 2.01. The normalized spacial score (nSPS) is 11.5. The summed E-state index contributed by atoms with van der Waals surface area (Å²) in [7, 11) is 1.93. The third-order valence-electron chi connectivity index (χ3n) is 5.52. The fraction of sp³-hybridized carbons (Fsp3) is 0.125. The molecule has 4 aromatic heterocycles. The first-order valence-electron chi connectivity index (χ1n) is 10.6. The number of halogens is 1. The van der Waals surface area contributed by atoms with Crippen LogP contribution in [0.15, 0.2) is 55.1 Å². The van der Waals surface area contributed by atoms with E-state index in [0.29, 0.717) is 45.4 Å². The van der Waals surface area contributed by atoms with E-state index in [1.54, 1.807) is 30.9 Å². The Labute approximate surface area is 198 Å². The van der Waals surface area contributed by atoms with Crippen molar-refractivity contribution in [2.24, 2.45) is 7.05 Å². The number of fused-ring (bicyclic) bond motifs is 3. The van der Waals surface area contributed by atoms with E-state index < -0.39 is 0 Å². The van der Waals surface area contributed by atoms with Crippen molar-refractivity contribution in [3.05, 3.63) is 65.8 Å². The van der Waals surface area contributed by atoms with E-state index >= 15 is 0 Å². The molecular formula is C24H18ClN7O2. The number of imidazole rings is 1. The lowest BCUT2D eigenvalue weighted by Crippen LogP contribution is -1.97. The van der Waals surface area contributed by atoms with E-state index in [1.165, 1.54) is 0 Å². The lowest BCUT2D eigenvalue weighted by molar-refractivity contribution is 0.417. The van der Waals surface area contributed by atoms with Gasteiger partial charge in [-0.1, -0.05) is 18.5 Å². The molecule has 6 aromatic rings. The van der Waals surface area contributed by atoms with Crippen molar-refractivity contribution in [3.63, 3.8) is 0 Å². The van der Waals surface area contributed by atoms with Gasteiger partial charge in [0.15, 0.2) is 0 Å². The zero-order valence-corrected chi connectivity index (χ0v) is 19.0. The van der Waals surface area contributed by atoms with E-state index in [1.807, 2.05) is 42.8 Å². The van der Waals surface area contributed by atoms with E-state index in [0.717, 1.165) is 22.2 Å². The Bertz CT molecular complexity index is 1690. The number of aryl methyl sites for hydroxylation is 2. The zero-order valence-electron chi connectivity index (χ0n) is 18.3. The number of hydrogen-bond donors (Lipinski definition) is 1. The summed E-state index contributed by atoms with van der Waals surface area (Å²) < 4.78 is 14.1. The van der Waals surface area contributed by atoms with Crippen LogP contribution < -0.4 is 9.47 Å². The summed E-state index contributed by atoms with van der Waals surface area (Å²) in [6, 6.07) is 11.2. The topological polar surface area (TPSA) is 104 Å². The van der Waals surface area contributed by atoms with Gasteiger partial charge < -0.3 is 19.0 Å². The van der Waals surface area contributed by atoms with Gasteiger partial charge >= 0.3 is 6.01 Å². The standard InChI is InChI=1S/C24H18ClN7O2/c1-3-15-21(25)20-22(29-15)30-24(34-13-4-6-16-18(10-13)27-9-8-26-16)31-23(20)33-14-5-7-17-19(11-14)32(2)12-28-17/h4-12H,3H2,1-2H3,(H,29,30,31). The van der Waals surface area contributed by atoms with Crippen LogP contribution in [0.1, 0.15) is 12.6 Å². The average Bonchev–Trinajstić information content (AvgIpc) is 3.38. The second-order valence-corrected chi connectivity index (χ2v) is 8.10. The molecule has 0 atom stereocenters. The van der Waals surface area contributed by atoms with Crippen LogP contribution in [0.3, 0.4) is 0 Å². The van der Waals surface area contributed by atoms with Gasteiger partial charge in [0.25, 0.3) is 0 Å². The van der Waals surface area contributed by atoms with Crippen LogP contribution in [-0.4, -0.2) is 34.5 Å². The molecule has 0 aliphatic rings. The van der Waals surface area contributed by atoms with E-state index in [-0.39, 0.29) is 6.01 Å². The van der Waals surface area contributed by atoms with Gasteiger partial charge in [-0.2, -0.15) is 9.97 Å². The second-order valence-electron chi connectivity index (χ2n) is 7.72. The summed E-state index contributed by atoms with van der Waals surface area (Å²) in [4.78, 5) is 25.3. The third kappa shape index (κ3) is 3.46. The molecule has 9 nitrogen and oxygen atoms in total. The highest BCUT2D eigenvalue weighted by molar-refractivity contribution is 6.36. The molecular weight excluding hydrogens is 454 g/mol. The van der Waals surface area contributed by atoms with Gasteiger partial charge in [0.05, 0.1) is 33.4 Å². The van der Waals surface area contributed by atoms with Crippen LogP contribution in [0.5, 0.6) is 23.4 Å². The highest BCUT2D eigenvalue weighted by atomic mass is 35.5. The summed E-state index contributed by atoms with van der Waals surface area (Å²) >= 11 is 6.65. The number of aromatic nitrogens is 7. The molecule has 168 valence electrons. The van der Waals surface area contributed by atoms with Gasteiger partial charge in [-0.05, 0) is 30.7 Å². The van der Waals surface area contributed by atoms with Gasteiger partial charge in [0.1, 0.15) is 22.5 Å². The number of ether oxygens (including phenoxy) is 2. The Hall–Kier alpha value is -4.24. The van der Waals surface area contributed by atoms with Gasteiger partial charge in [-0.25, -0.2) is 4.98 Å². The Balaban J connectivity index is 1.44. The lowest BCUT2D eigenvalue weighted by atomic mass is 10.3. The minimum Gasteiger partial charge on any atom is -0.438 e. The lowest BCUT2D eigenvalue weighted by Gasteiger charge is -2.10. The number of H-pyrrole nitrogens is 1. The largest absolute Gasteiger partial charge is 0.438 e. The fourth-order valence-corrected chi connectivity index (χ4v) is 4.16. The number of rotatable bonds is 5. The molecule has 0 radical (unpaired) electrons. The SMILES string of the molecule is CCc1[nH]c2nc(Oc3ccc4nccnc4c3)nc(Oc3ccc4ncn(C)c4c3)c2c1Cl. The minimum atomic E-state index is 0.118. The predicted molar refractivity (Wildman–Crippen MR) is 129 cm³/mol. The van der Waals surface area contributed by atoms with Crippen LogP contribution in [0.25, 0.3) is 33.1 Å². The van der Waals surface area contributed by atoms with Gasteiger partial charge in [0.2, 0.25) is 5.88 Å². The van der Waals surface area contributed by atoms with Gasteiger partial charge in [-0.3, -0.25) is 9.97 Å². The van der Waals surface area contributed by atoms with E-state index in [4.69, 9.17) is 21.1 Å². The van der Waals surface area contributed by atoms with Gasteiger partial charge in [0, 0.05) is 37.3 Å². The molecule has 34 heavy (non-hydrogen) atoms. The maximum atomic E-state index is 6.65. The molecule has 10 heteroatoms. The van der Waals surface area contributed by atoms with Crippen molar-refractivity contribution in [3.8, 4) is 23.4 Å². The van der Waals surface area contributed by atoms with Gasteiger partial charge in [-0.15, -0.1) is 0 Å². The summed E-state index contributed by atoms with van der Waals surface area (Å²) in [5.74, 6) is 1.42. The molecule has 0 amide bonds. The van der Waals surface area contributed by atoms with E-state index in [2.05, 4.69) is 29.9 Å². The Morgan fingerprint density at radius 3 is 2.50 bits per heavy atom. The molecule has 6 rings (SSSR count). The molecule has 1 N–H and O–H groups in total.